The van der Waals surface area contributed by atoms with Crippen LogP contribution >= 0.6 is 31.9 Å². The van der Waals surface area contributed by atoms with E-state index in [-0.39, 0.29) is 56.6 Å². The van der Waals surface area contributed by atoms with Gasteiger partial charge in [-0.15, -0.1) is 0 Å². The van der Waals surface area contributed by atoms with Gasteiger partial charge in [-0.1, -0.05) is 149 Å². The molecule has 3 aliphatic rings. The van der Waals surface area contributed by atoms with Crippen LogP contribution in [0.15, 0.2) is 97.1 Å². The highest BCUT2D eigenvalue weighted by Gasteiger charge is 2.32. The van der Waals surface area contributed by atoms with E-state index in [1.807, 2.05) is 90.1 Å². The van der Waals surface area contributed by atoms with E-state index in [9.17, 15) is 29.1 Å². The molecule has 1 saturated heterocycles. The molecule has 0 saturated carbocycles. The second-order valence-electron chi connectivity index (χ2n) is 21.4. The van der Waals surface area contributed by atoms with Crippen LogP contribution in [-0.4, -0.2) is 128 Å². The lowest BCUT2D eigenvalue weighted by Gasteiger charge is -2.26. The third-order valence-corrected chi connectivity index (χ3v) is 13.6. The standard InChI is InChI=1S/C26H31NO5.C16H31NO4.C16H14O2.C4H8Br2O.CH4.H2/c28-25(17-19(26(29)30)7-5-6-12-27-13-15-31-16-14-27)32-18-24-22-10-3-1-8-20(22)21-9-2-4-11-23(21)24;1-15(2,3)20-13(18)11-12(9-7-8-10-17)14(19)21-16(4,5)6;1-11(17)18-10-16-14-8-4-2-6-12(14)13-7-3-5-9-15(13)16;5-1-3-7-4-2-6;;/h1-4,8-11,19,24H,5-7,12-18H2,(H,29,30);12H,7-11,17H2,1-6H3;2-9,16H,10H2,1H3;1-4H2;1H4;1H/t19-;12-;;;;/m11..../s1/i;;;;;1+1D. The molecule has 0 spiro atoms. The third kappa shape index (κ3) is 24.3. The first kappa shape index (κ1) is 66.5. The lowest BCUT2D eigenvalue weighted by Crippen LogP contribution is -2.36. The number of carbonyl (C=O) groups excluding carboxylic acids is 4. The van der Waals surface area contributed by atoms with Crippen molar-refractivity contribution in [3.63, 3.8) is 0 Å². The van der Waals surface area contributed by atoms with Crippen molar-refractivity contribution in [3.8, 4) is 22.3 Å². The Kier molecular flexibility index (Phi) is 30.1. The Morgan fingerprint density at radius 3 is 1.48 bits per heavy atom. The van der Waals surface area contributed by atoms with E-state index in [1.54, 1.807) is 0 Å². The first-order valence-electron chi connectivity index (χ1n) is 28.3. The zero-order valence-corrected chi connectivity index (χ0v) is 50.1. The summed E-state index contributed by atoms with van der Waals surface area (Å²) < 4.78 is 41.9. The molecule has 3 N–H and O–H groups in total. The van der Waals surface area contributed by atoms with Crippen molar-refractivity contribution in [3.05, 3.63) is 119 Å². The van der Waals surface area contributed by atoms with Gasteiger partial charge >= 0.3 is 29.8 Å². The molecule has 1 heterocycles. The van der Waals surface area contributed by atoms with Gasteiger partial charge in [-0.2, -0.15) is 0 Å². The molecule has 2 atom stereocenters. The lowest BCUT2D eigenvalue weighted by atomic mass is 9.97. The molecular formula is C63H90Br2N2O12. The number of hydrogen-bond donors (Lipinski definition) is 2. The number of rotatable bonds is 23. The summed E-state index contributed by atoms with van der Waals surface area (Å²) in [5.41, 5.74) is 14.0. The Bertz CT molecular complexity index is 2400. The van der Waals surface area contributed by atoms with Crippen molar-refractivity contribution < 1.29 is 60.5 Å². The summed E-state index contributed by atoms with van der Waals surface area (Å²) in [4.78, 5) is 61.6. The van der Waals surface area contributed by atoms with Gasteiger partial charge in [-0.25, -0.2) is 0 Å². The fraction of sp³-hybridized carbons (Fsp3) is 0.540. The van der Waals surface area contributed by atoms with Crippen molar-refractivity contribution in [2.45, 2.75) is 130 Å². The van der Waals surface area contributed by atoms with Gasteiger partial charge in [0.05, 0.1) is 51.1 Å². The average molecular weight is 1230 g/mol. The molecule has 1 aliphatic heterocycles. The summed E-state index contributed by atoms with van der Waals surface area (Å²) >= 11 is 6.48. The summed E-state index contributed by atoms with van der Waals surface area (Å²) in [5.74, 6) is -3.31. The minimum Gasteiger partial charge on any atom is -0.481 e. The molecule has 0 bridgehead atoms. The number of halogens is 2. The number of nitrogens with zero attached hydrogens (tertiary/aromatic N) is 1. The van der Waals surface area contributed by atoms with Crippen LogP contribution in [-0.2, 0) is 52.4 Å². The van der Waals surface area contributed by atoms with Gasteiger partial charge in [-0.05, 0) is 125 Å². The Balaban J connectivity index is 0.000000399. The van der Waals surface area contributed by atoms with Crippen molar-refractivity contribution in [2.24, 2.45) is 17.6 Å². The Morgan fingerprint density at radius 1 is 0.646 bits per heavy atom. The number of esters is 4. The van der Waals surface area contributed by atoms with Gasteiger partial charge in [-0.3, -0.25) is 28.9 Å². The fourth-order valence-electron chi connectivity index (χ4n) is 9.40. The highest BCUT2D eigenvalue weighted by Crippen LogP contribution is 2.46. The van der Waals surface area contributed by atoms with E-state index in [0.717, 1.165) is 93.5 Å². The number of hydrogen-bond acceptors (Lipinski definition) is 13. The molecule has 14 nitrogen and oxygen atoms in total. The van der Waals surface area contributed by atoms with E-state index in [2.05, 4.69) is 85.3 Å². The minimum atomic E-state index is -0.926. The molecule has 0 radical (unpaired) electrons. The van der Waals surface area contributed by atoms with Crippen molar-refractivity contribution >= 4 is 61.7 Å². The number of aliphatic carboxylic acids is 1. The smallest absolute Gasteiger partial charge is 0.310 e. The number of carboxylic acid groups (broad SMARTS) is 1. The quantitative estimate of drug-likeness (QED) is 0.0309. The maximum Gasteiger partial charge on any atom is 0.310 e. The number of unbranched alkanes of at least 4 members (excludes halogenated alkanes) is 2. The highest BCUT2D eigenvalue weighted by atomic mass is 79.9. The zero-order valence-electron chi connectivity index (χ0n) is 48.9. The number of morpholine rings is 1. The van der Waals surface area contributed by atoms with E-state index < -0.39 is 35.0 Å². The molecule has 0 unspecified atom stereocenters. The predicted octanol–water partition coefficient (Wildman–Crippen LogP) is 12.8. The van der Waals surface area contributed by atoms with Crippen LogP contribution in [0.3, 0.4) is 0 Å². The normalized spacial score (nSPS) is 14.4. The van der Waals surface area contributed by atoms with Gasteiger partial charge in [0, 0.05) is 45.5 Å². The van der Waals surface area contributed by atoms with Gasteiger partial charge in [0.2, 0.25) is 0 Å². The van der Waals surface area contributed by atoms with Crippen molar-refractivity contribution in [1.82, 2.24) is 4.90 Å². The average Bonchev–Trinajstić information content (AvgIpc) is 4.19. The zero-order chi connectivity index (χ0) is 59.1. The fourth-order valence-corrected chi connectivity index (χ4v) is 9.86. The van der Waals surface area contributed by atoms with Crippen LogP contribution in [0.4, 0.5) is 0 Å². The molecule has 16 heteroatoms. The maximum atomic E-state index is 12.5. The topological polar surface area (TPSA) is 190 Å². The van der Waals surface area contributed by atoms with E-state index in [0.29, 0.717) is 26.0 Å². The van der Waals surface area contributed by atoms with Crippen LogP contribution in [0.1, 0.15) is 144 Å². The monoisotopic (exact) mass is 1230 g/mol. The van der Waals surface area contributed by atoms with Gasteiger partial charge < -0.3 is 39.3 Å². The van der Waals surface area contributed by atoms with Crippen molar-refractivity contribution in [2.75, 3.05) is 76.5 Å². The van der Waals surface area contributed by atoms with Crippen LogP contribution < -0.4 is 5.73 Å². The molecule has 4 aromatic carbocycles. The number of carbonyl (C=O) groups is 5. The van der Waals surface area contributed by atoms with Gasteiger partial charge in [0.1, 0.15) is 24.4 Å². The Labute approximate surface area is 490 Å². The number of carboxylic acids is 1. The summed E-state index contributed by atoms with van der Waals surface area (Å²) in [6, 6.07) is 33.0. The second kappa shape index (κ2) is 35.7. The molecule has 79 heavy (non-hydrogen) atoms. The number of fused-ring (bicyclic) bond motifs is 6. The van der Waals surface area contributed by atoms with E-state index in [1.165, 1.54) is 40.3 Å². The molecular weight excluding hydrogens is 1140 g/mol. The Morgan fingerprint density at radius 2 is 1.06 bits per heavy atom. The molecule has 1 fully saturated rings. The number of nitrogens with two attached hydrogens (primary N) is 1. The summed E-state index contributed by atoms with van der Waals surface area (Å²) in [7, 11) is 0. The summed E-state index contributed by atoms with van der Waals surface area (Å²) in [6.07, 6.45) is 4.38. The maximum absolute atomic E-state index is 12.5. The number of ether oxygens (including phenoxy) is 6. The van der Waals surface area contributed by atoms with Crippen LogP contribution in [0, 0.1) is 11.8 Å². The molecule has 4 aromatic rings. The molecule has 7 rings (SSSR count). The predicted molar refractivity (Wildman–Crippen MR) is 322 cm³/mol. The number of benzene rings is 4. The SMILES string of the molecule is BrCCOCCBr.C.CC(=O)OCC1c2ccccc2-c2ccccc21.CC(C)(C)OC(=O)C[C@@H](CCCCN)C(=O)OC(C)(C)C.O=C(C[C@@H](CCCCN1CCOCC1)C(=O)O)OCC1c2ccccc2-c2ccccc21.[2H][2H]. The molecule has 0 amide bonds. The molecule has 0 aromatic heterocycles. The Hall–Kier alpha value is -4.97. The highest BCUT2D eigenvalue weighted by molar-refractivity contribution is 9.09. The lowest BCUT2D eigenvalue weighted by molar-refractivity contribution is -0.167. The minimum absolute atomic E-state index is 0. The second-order valence-corrected chi connectivity index (χ2v) is 23.0. The third-order valence-electron chi connectivity index (χ3n) is 13.0. The first-order chi connectivity index (χ1) is 38.3. The van der Waals surface area contributed by atoms with Crippen LogP contribution in [0.25, 0.3) is 22.3 Å². The van der Waals surface area contributed by atoms with Gasteiger partial charge in [0.25, 0.3) is 0 Å². The van der Waals surface area contributed by atoms with Crippen LogP contribution in [0.2, 0.25) is 0 Å². The van der Waals surface area contributed by atoms with E-state index in [4.69, 9.17) is 37.1 Å². The van der Waals surface area contributed by atoms with Crippen LogP contribution in [0.5, 0.6) is 0 Å². The van der Waals surface area contributed by atoms with Gasteiger partial charge in [0.15, 0.2) is 0 Å². The first-order valence-corrected chi connectivity index (χ1v) is 29.5. The number of alkyl halides is 2. The largest absolute Gasteiger partial charge is 0.481 e. The summed E-state index contributed by atoms with van der Waals surface area (Å²) in [5, 5.41) is 11.4. The molecule has 438 valence electrons. The summed E-state index contributed by atoms with van der Waals surface area (Å²) in [6.45, 7) is 19.5. The molecule has 2 aliphatic carbocycles. The van der Waals surface area contributed by atoms with Crippen molar-refractivity contribution in [1.29, 1.82) is 0 Å². The van der Waals surface area contributed by atoms with E-state index >= 15 is 0 Å².